The highest BCUT2D eigenvalue weighted by Gasteiger charge is 2.16. The van der Waals surface area contributed by atoms with Gasteiger partial charge in [-0.1, -0.05) is 37.3 Å². The van der Waals surface area contributed by atoms with Gasteiger partial charge in [0.2, 0.25) is 0 Å². The third-order valence-electron chi connectivity index (χ3n) is 3.11. The van der Waals surface area contributed by atoms with E-state index in [1.54, 1.807) is 55.5 Å². The molecule has 0 aromatic heterocycles. The number of rotatable bonds is 5. The van der Waals surface area contributed by atoms with Crippen LogP contribution in [0.2, 0.25) is 0 Å². The van der Waals surface area contributed by atoms with Crippen molar-refractivity contribution < 1.29 is 13.7 Å². The molecule has 0 spiro atoms. The second-order valence-corrected chi connectivity index (χ2v) is 6.18. The summed E-state index contributed by atoms with van der Waals surface area (Å²) in [5.41, 5.74) is 1.42. The normalized spacial score (nSPS) is 11.5. The maximum Gasteiger partial charge on any atom is 0.339 e. The van der Waals surface area contributed by atoms with Gasteiger partial charge in [0.25, 0.3) is 0 Å². The van der Waals surface area contributed by atoms with Gasteiger partial charge in [-0.15, -0.1) is 0 Å². The van der Waals surface area contributed by atoms with Crippen molar-refractivity contribution in [2.75, 3.05) is 5.75 Å². The molecule has 0 bridgehead atoms. The van der Waals surface area contributed by atoms with Crippen molar-refractivity contribution in [2.45, 2.75) is 18.4 Å². The number of nitrogens with zero attached hydrogens (tertiary/aromatic N) is 1. The smallest absolute Gasteiger partial charge is 0.339 e. The monoisotopic (exact) mass is 313 g/mol. The van der Waals surface area contributed by atoms with Gasteiger partial charge in [-0.2, -0.15) is 5.26 Å². The Kier molecular flexibility index (Phi) is 5.45. The van der Waals surface area contributed by atoms with Gasteiger partial charge in [-0.05, 0) is 18.2 Å². The summed E-state index contributed by atoms with van der Waals surface area (Å²) in [6, 6.07) is 15.7. The molecule has 0 unspecified atom stereocenters. The molecule has 0 heterocycles. The Morgan fingerprint density at radius 1 is 1.18 bits per heavy atom. The second-order valence-electron chi connectivity index (χ2n) is 4.48. The number of esters is 1. The van der Waals surface area contributed by atoms with Crippen molar-refractivity contribution in [2.24, 2.45) is 0 Å². The Hall–Kier alpha value is -2.45. The van der Waals surface area contributed by atoms with E-state index in [-0.39, 0.29) is 6.61 Å². The van der Waals surface area contributed by atoms with Crippen LogP contribution in [0.3, 0.4) is 0 Å². The minimum absolute atomic E-state index is 0.00958. The van der Waals surface area contributed by atoms with Gasteiger partial charge in [0.1, 0.15) is 6.61 Å². The van der Waals surface area contributed by atoms with Gasteiger partial charge in [0.05, 0.1) is 32.9 Å². The third-order valence-corrected chi connectivity index (χ3v) is 4.48. The fraction of sp³-hybridized carbons (Fsp3) is 0.176. The molecule has 5 heteroatoms. The summed E-state index contributed by atoms with van der Waals surface area (Å²) in [7, 11) is -1.23. The summed E-state index contributed by atoms with van der Waals surface area (Å²) in [5.74, 6) is -0.105. The third kappa shape index (κ3) is 3.60. The molecule has 2 aromatic rings. The van der Waals surface area contributed by atoms with E-state index in [2.05, 4.69) is 6.07 Å². The van der Waals surface area contributed by atoms with Crippen molar-refractivity contribution in [1.82, 2.24) is 0 Å². The molecule has 0 radical (unpaired) electrons. The second kappa shape index (κ2) is 7.53. The number of carbonyl (C=O) groups is 1. The Bertz CT molecular complexity index is 750. The van der Waals surface area contributed by atoms with Crippen LogP contribution >= 0.6 is 0 Å². The fourth-order valence-corrected chi connectivity index (χ4v) is 2.90. The number of ether oxygens (including phenoxy) is 1. The maximum atomic E-state index is 12.2. The number of hydrogen-bond acceptors (Lipinski definition) is 4. The summed E-state index contributed by atoms with van der Waals surface area (Å²) in [4.78, 5) is 12.7. The van der Waals surface area contributed by atoms with Crippen LogP contribution in [0.5, 0.6) is 0 Å². The highest BCUT2D eigenvalue weighted by molar-refractivity contribution is 7.85. The van der Waals surface area contributed by atoms with Gasteiger partial charge in [-0.25, -0.2) is 4.79 Å². The zero-order valence-corrected chi connectivity index (χ0v) is 12.9. The molecule has 22 heavy (non-hydrogen) atoms. The Morgan fingerprint density at radius 3 is 2.59 bits per heavy atom. The molecule has 0 saturated carbocycles. The van der Waals surface area contributed by atoms with E-state index >= 15 is 0 Å². The van der Waals surface area contributed by atoms with Crippen LogP contribution in [-0.2, 0) is 22.1 Å². The Morgan fingerprint density at radius 2 is 1.86 bits per heavy atom. The first-order chi connectivity index (χ1) is 10.7. The van der Waals surface area contributed by atoms with E-state index in [0.717, 1.165) is 0 Å². The predicted octanol–water partition coefficient (Wildman–Crippen LogP) is 3.04. The molecule has 0 amide bonds. The lowest BCUT2D eigenvalue weighted by Gasteiger charge is -2.09. The summed E-state index contributed by atoms with van der Waals surface area (Å²) in [6.07, 6.45) is 0. The molecule has 1 atom stereocenters. The number of carbonyl (C=O) groups excluding carboxylic acids is 1. The van der Waals surface area contributed by atoms with E-state index in [0.29, 0.717) is 27.3 Å². The minimum atomic E-state index is -1.23. The van der Waals surface area contributed by atoms with Crippen LogP contribution in [0.25, 0.3) is 0 Å². The molecule has 2 rings (SSSR count). The van der Waals surface area contributed by atoms with Crippen molar-refractivity contribution in [3.8, 4) is 6.07 Å². The van der Waals surface area contributed by atoms with E-state index in [4.69, 9.17) is 10.00 Å². The molecule has 0 aliphatic heterocycles. The summed E-state index contributed by atoms with van der Waals surface area (Å²) in [6.45, 7) is 1.80. The van der Waals surface area contributed by atoms with E-state index in [1.807, 2.05) is 0 Å². The first-order valence-corrected chi connectivity index (χ1v) is 8.11. The SMILES string of the molecule is CC[S@](=O)c1ccccc1C(=O)OCc1ccccc1C#N. The quantitative estimate of drug-likeness (QED) is 0.796. The summed E-state index contributed by atoms with van der Waals surface area (Å²) >= 11 is 0. The van der Waals surface area contributed by atoms with Crippen LogP contribution in [-0.4, -0.2) is 15.9 Å². The largest absolute Gasteiger partial charge is 0.457 e. The van der Waals surface area contributed by atoms with Crippen LogP contribution in [0.1, 0.15) is 28.4 Å². The average Bonchev–Trinajstić information content (AvgIpc) is 2.59. The van der Waals surface area contributed by atoms with Gasteiger partial charge >= 0.3 is 5.97 Å². The average molecular weight is 313 g/mol. The first-order valence-electron chi connectivity index (χ1n) is 6.80. The van der Waals surface area contributed by atoms with Crippen molar-refractivity contribution in [1.29, 1.82) is 5.26 Å². The van der Waals surface area contributed by atoms with E-state index in [9.17, 15) is 9.00 Å². The molecule has 4 nitrogen and oxygen atoms in total. The van der Waals surface area contributed by atoms with Crippen LogP contribution < -0.4 is 0 Å². The van der Waals surface area contributed by atoms with Crippen LogP contribution in [0.4, 0.5) is 0 Å². The lowest BCUT2D eigenvalue weighted by atomic mass is 10.1. The molecule has 0 aliphatic rings. The van der Waals surface area contributed by atoms with E-state index in [1.165, 1.54) is 0 Å². The van der Waals surface area contributed by atoms with Gasteiger partial charge in [-0.3, -0.25) is 4.21 Å². The predicted molar refractivity (Wildman–Crippen MR) is 83.7 cm³/mol. The highest BCUT2D eigenvalue weighted by atomic mass is 32.2. The number of hydrogen-bond donors (Lipinski definition) is 0. The lowest BCUT2D eigenvalue weighted by Crippen LogP contribution is -2.10. The molecule has 0 saturated heterocycles. The summed E-state index contributed by atoms with van der Waals surface area (Å²) in [5, 5.41) is 9.02. The van der Waals surface area contributed by atoms with E-state index < -0.39 is 16.8 Å². The topological polar surface area (TPSA) is 67.2 Å². The van der Waals surface area contributed by atoms with Crippen molar-refractivity contribution in [3.05, 3.63) is 65.2 Å². The van der Waals surface area contributed by atoms with Crippen LogP contribution in [0, 0.1) is 11.3 Å². The highest BCUT2D eigenvalue weighted by Crippen LogP contribution is 2.16. The van der Waals surface area contributed by atoms with Gasteiger partial charge < -0.3 is 4.74 Å². The molecule has 2 aromatic carbocycles. The number of nitriles is 1. The molecule has 0 aliphatic carbocycles. The van der Waals surface area contributed by atoms with Crippen molar-refractivity contribution >= 4 is 16.8 Å². The Labute approximate surface area is 131 Å². The Balaban J connectivity index is 2.17. The van der Waals surface area contributed by atoms with Gasteiger partial charge in [0.15, 0.2) is 0 Å². The molecular formula is C17H15NO3S. The first kappa shape index (κ1) is 15.9. The molecule has 112 valence electrons. The minimum Gasteiger partial charge on any atom is -0.457 e. The molecule has 0 N–H and O–H groups in total. The van der Waals surface area contributed by atoms with Gasteiger partial charge in [0, 0.05) is 11.3 Å². The lowest BCUT2D eigenvalue weighted by molar-refractivity contribution is 0.0468. The maximum absolute atomic E-state index is 12.2. The summed E-state index contributed by atoms with van der Waals surface area (Å²) < 4.78 is 17.2. The number of benzene rings is 2. The van der Waals surface area contributed by atoms with Crippen LogP contribution in [0.15, 0.2) is 53.4 Å². The zero-order chi connectivity index (χ0) is 15.9. The zero-order valence-electron chi connectivity index (χ0n) is 12.1. The van der Waals surface area contributed by atoms with Crippen molar-refractivity contribution in [3.63, 3.8) is 0 Å². The molecule has 0 fully saturated rings. The standard InChI is InChI=1S/C17H15NO3S/c1-2-22(20)16-10-6-5-9-15(16)17(19)21-12-14-8-4-3-7-13(14)11-18/h3-10H,2,12H2,1H3/t22-/m0/s1. The molecular weight excluding hydrogens is 298 g/mol. The fourth-order valence-electron chi connectivity index (χ4n) is 1.97.